The van der Waals surface area contributed by atoms with Crippen LogP contribution in [0.15, 0.2) is 53.4 Å². The lowest BCUT2D eigenvalue weighted by Crippen LogP contribution is -2.51. The number of fused-ring (bicyclic) bond motifs is 1. The maximum Gasteiger partial charge on any atom is 0.250 e. The quantitative estimate of drug-likeness (QED) is 0.738. The zero-order valence-corrected chi connectivity index (χ0v) is 18.5. The summed E-state index contributed by atoms with van der Waals surface area (Å²) in [5.41, 5.74) is 2.41. The number of para-hydroxylation sites is 1. The molecule has 0 aromatic heterocycles. The zero-order chi connectivity index (χ0) is 21.8. The second-order valence-corrected chi connectivity index (χ2v) is 9.19. The maximum absolute atomic E-state index is 13.4. The predicted octanol–water partition coefficient (Wildman–Crippen LogP) is 3.84. The highest BCUT2D eigenvalue weighted by molar-refractivity contribution is 8.01. The summed E-state index contributed by atoms with van der Waals surface area (Å²) < 4.78 is 0. The normalized spacial score (nSPS) is 18.9. The first-order chi connectivity index (χ1) is 15.0. The van der Waals surface area contributed by atoms with E-state index in [2.05, 4.69) is 5.32 Å². The molecule has 7 heteroatoms. The summed E-state index contributed by atoms with van der Waals surface area (Å²) in [5, 5.41) is 2.01. The number of amides is 3. The Morgan fingerprint density at radius 2 is 1.77 bits per heavy atom. The molecule has 31 heavy (non-hydrogen) atoms. The standard InChI is InChI=1S/C24H27N3O3S/c1-17-9-8-10-18(15-17)25-21(28)16-27-19-11-4-5-12-20(19)31-22(24(27)30)23(29)26-13-6-2-3-7-14-26/h4-5,8-12,15,22H,2-3,6-7,13-14,16H2,1H3,(H,25,28)/t22-/m1/s1. The van der Waals surface area contributed by atoms with Gasteiger partial charge in [-0.2, -0.15) is 0 Å². The van der Waals surface area contributed by atoms with E-state index in [0.717, 1.165) is 36.1 Å². The average Bonchev–Trinajstić information content (AvgIpc) is 3.05. The fourth-order valence-corrected chi connectivity index (χ4v) is 5.25. The highest BCUT2D eigenvalue weighted by Gasteiger charge is 2.40. The molecule has 0 aliphatic carbocycles. The first-order valence-corrected chi connectivity index (χ1v) is 11.6. The third kappa shape index (κ3) is 4.93. The summed E-state index contributed by atoms with van der Waals surface area (Å²) >= 11 is 1.30. The number of carbonyl (C=O) groups is 3. The number of aryl methyl sites for hydroxylation is 1. The van der Waals surface area contributed by atoms with Gasteiger partial charge in [0.1, 0.15) is 6.54 Å². The minimum atomic E-state index is -0.847. The molecule has 1 fully saturated rings. The molecule has 0 bridgehead atoms. The Morgan fingerprint density at radius 3 is 2.52 bits per heavy atom. The number of hydrogen-bond donors (Lipinski definition) is 1. The van der Waals surface area contributed by atoms with Crippen LogP contribution in [0.25, 0.3) is 0 Å². The van der Waals surface area contributed by atoms with Gasteiger partial charge in [0.2, 0.25) is 11.8 Å². The fraction of sp³-hybridized carbons (Fsp3) is 0.375. The van der Waals surface area contributed by atoms with Gasteiger partial charge < -0.3 is 15.1 Å². The minimum Gasteiger partial charge on any atom is -0.341 e. The van der Waals surface area contributed by atoms with E-state index in [4.69, 9.17) is 0 Å². The molecule has 2 aliphatic heterocycles. The van der Waals surface area contributed by atoms with E-state index in [1.54, 1.807) is 0 Å². The Balaban J connectivity index is 1.54. The van der Waals surface area contributed by atoms with Gasteiger partial charge in [-0.1, -0.05) is 37.1 Å². The molecular weight excluding hydrogens is 410 g/mol. The van der Waals surface area contributed by atoms with Crippen molar-refractivity contribution in [2.24, 2.45) is 0 Å². The Labute approximate surface area is 187 Å². The summed E-state index contributed by atoms with van der Waals surface area (Å²) in [7, 11) is 0. The van der Waals surface area contributed by atoms with E-state index in [1.165, 1.54) is 16.7 Å². The molecule has 0 radical (unpaired) electrons. The fourth-order valence-electron chi connectivity index (χ4n) is 4.06. The van der Waals surface area contributed by atoms with E-state index in [0.29, 0.717) is 24.5 Å². The average molecular weight is 438 g/mol. The van der Waals surface area contributed by atoms with Crippen molar-refractivity contribution in [1.29, 1.82) is 0 Å². The minimum absolute atomic E-state index is 0.131. The lowest BCUT2D eigenvalue weighted by atomic mass is 10.2. The van der Waals surface area contributed by atoms with Crippen molar-refractivity contribution in [3.63, 3.8) is 0 Å². The summed E-state index contributed by atoms with van der Waals surface area (Å²) in [4.78, 5) is 43.5. The lowest BCUT2D eigenvalue weighted by Gasteiger charge is -2.34. The second kappa shape index (κ2) is 9.56. The molecule has 0 spiro atoms. The van der Waals surface area contributed by atoms with Crippen molar-refractivity contribution in [2.45, 2.75) is 42.8 Å². The molecule has 0 saturated carbocycles. The SMILES string of the molecule is Cc1cccc(NC(=O)CN2C(=O)[C@@H](C(=O)N3CCCCCC3)Sc3ccccc32)c1. The van der Waals surface area contributed by atoms with Gasteiger partial charge in [-0.25, -0.2) is 0 Å². The smallest absolute Gasteiger partial charge is 0.250 e. The molecule has 162 valence electrons. The van der Waals surface area contributed by atoms with Gasteiger partial charge in [0.05, 0.1) is 5.69 Å². The van der Waals surface area contributed by atoms with E-state index in [1.807, 2.05) is 60.4 Å². The largest absolute Gasteiger partial charge is 0.341 e. The van der Waals surface area contributed by atoms with Crippen molar-refractivity contribution in [3.8, 4) is 0 Å². The van der Waals surface area contributed by atoms with Gasteiger partial charge in [-0.05, 0) is 49.6 Å². The molecule has 1 saturated heterocycles. The Kier molecular flexibility index (Phi) is 6.61. The van der Waals surface area contributed by atoms with Crippen LogP contribution >= 0.6 is 11.8 Å². The van der Waals surface area contributed by atoms with Crippen molar-refractivity contribution >= 4 is 40.9 Å². The van der Waals surface area contributed by atoms with Crippen LogP contribution < -0.4 is 10.2 Å². The lowest BCUT2D eigenvalue weighted by molar-refractivity contribution is -0.135. The number of nitrogens with one attached hydrogen (secondary N) is 1. The third-order valence-corrected chi connectivity index (χ3v) is 6.87. The summed E-state index contributed by atoms with van der Waals surface area (Å²) in [6.07, 6.45) is 4.17. The third-order valence-electron chi connectivity index (χ3n) is 5.64. The van der Waals surface area contributed by atoms with Crippen LogP contribution in [-0.2, 0) is 14.4 Å². The van der Waals surface area contributed by atoms with Crippen molar-refractivity contribution in [3.05, 3.63) is 54.1 Å². The topological polar surface area (TPSA) is 69.7 Å². The van der Waals surface area contributed by atoms with Crippen LogP contribution in [0.4, 0.5) is 11.4 Å². The van der Waals surface area contributed by atoms with Crippen LogP contribution in [0.5, 0.6) is 0 Å². The molecule has 2 aliphatic rings. The first kappa shape index (κ1) is 21.4. The number of anilines is 2. The molecule has 4 rings (SSSR count). The molecule has 6 nitrogen and oxygen atoms in total. The number of rotatable bonds is 4. The van der Waals surface area contributed by atoms with Gasteiger partial charge in [0.15, 0.2) is 5.25 Å². The molecule has 3 amide bonds. The Morgan fingerprint density at radius 1 is 1.03 bits per heavy atom. The maximum atomic E-state index is 13.4. The summed E-state index contributed by atoms with van der Waals surface area (Å²) in [6, 6.07) is 15.0. The van der Waals surface area contributed by atoms with Crippen molar-refractivity contribution in [1.82, 2.24) is 4.90 Å². The molecular formula is C24H27N3O3S. The monoisotopic (exact) mass is 437 g/mol. The van der Waals surface area contributed by atoms with Crippen molar-refractivity contribution < 1.29 is 14.4 Å². The van der Waals surface area contributed by atoms with Gasteiger partial charge in [0.25, 0.3) is 5.91 Å². The van der Waals surface area contributed by atoms with E-state index in [9.17, 15) is 14.4 Å². The molecule has 0 unspecified atom stereocenters. The van der Waals surface area contributed by atoms with Crippen LogP contribution in [0.2, 0.25) is 0 Å². The van der Waals surface area contributed by atoms with Gasteiger partial charge in [-0.3, -0.25) is 14.4 Å². The van der Waals surface area contributed by atoms with Crippen LogP contribution in [0, 0.1) is 6.92 Å². The number of nitrogens with zero attached hydrogens (tertiary/aromatic N) is 2. The highest BCUT2D eigenvalue weighted by Crippen LogP contribution is 2.39. The number of hydrogen-bond acceptors (Lipinski definition) is 4. The van der Waals surface area contributed by atoms with Gasteiger partial charge in [0, 0.05) is 23.7 Å². The molecule has 2 aromatic carbocycles. The zero-order valence-electron chi connectivity index (χ0n) is 17.7. The summed E-state index contributed by atoms with van der Waals surface area (Å²) in [5.74, 6) is -0.755. The highest BCUT2D eigenvalue weighted by atomic mass is 32.2. The van der Waals surface area contributed by atoms with E-state index in [-0.39, 0.29) is 24.3 Å². The number of carbonyl (C=O) groups excluding carboxylic acids is 3. The van der Waals surface area contributed by atoms with Crippen molar-refractivity contribution in [2.75, 3.05) is 29.9 Å². The molecule has 1 N–H and O–H groups in total. The first-order valence-electron chi connectivity index (χ1n) is 10.8. The number of likely N-dealkylation sites (tertiary alicyclic amines) is 1. The van der Waals surface area contributed by atoms with Crippen LogP contribution in [0.3, 0.4) is 0 Å². The summed E-state index contributed by atoms with van der Waals surface area (Å²) in [6.45, 7) is 3.21. The second-order valence-electron chi connectivity index (χ2n) is 8.05. The predicted molar refractivity (Wildman–Crippen MR) is 123 cm³/mol. The molecule has 2 aromatic rings. The number of thioether (sulfide) groups is 1. The molecule has 2 heterocycles. The van der Waals surface area contributed by atoms with Crippen LogP contribution in [0.1, 0.15) is 31.2 Å². The Hall–Kier alpha value is -2.80. The number of benzene rings is 2. The van der Waals surface area contributed by atoms with Gasteiger partial charge >= 0.3 is 0 Å². The van der Waals surface area contributed by atoms with E-state index < -0.39 is 5.25 Å². The van der Waals surface area contributed by atoms with E-state index >= 15 is 0 Å². The molecule has 1 atom stereocenters. The van der Waals surface area contributed by atoms with Gasteiger partial charge in [-0.15, -0.1) is 11.8 Å². The van der Waals surface area contributed by atoms with Crippen LogP contribution in [-0.4, -0.2) is 47.5 Å². The Bertz CT molecular complexity index is 986.